The summed E-state index contributed by atoms with van der Waals surface area (Å²) in [5.74, 6) is -0.191. The van der Waals surface area contributed by atoms with E-state index < -0.39 is 0 Å². The number of rotatable bonds is 5. The van der Waals surface area contributed by atoms with E-state index in [1.807, 2.05) is 18.2 Å². The fraction of sp³-hybridized carbons (Fsp3) is 0.312. The van der Waals surface area contributed by atoms with Gasteiger partial charge in [0, 0.05) is 39.7 Å². The van der Waals surface area contributed by atoms with Crippen molar-refractivity contribution < 1.29 is 9.53 Å². The molecule has 0 aromatic carbocycles. The summed E-state index contributed by atoms with van der Waals surface area (Å²) >= 11 is 0. The van der Waals surface area contributed by atoms with Crippen molar-refractivity contribution in [1.82, 2.24) is 14.5 Å². The zero-order chi connectivity index (χ0) is 16.1. The Morgan fingerprint density at radius 3 is 2.73 bits per heavy atom. The van der Waals surface area contributed by atoms with Crippen LogP contribution in [0.2, 0.25) is 0 Å². The molecule has 0 fully saturated rings. The highest BCUT2D eigenvalue weighted by atomic mass is 16.5. The Morgan fingerprint density at radius 2 is 2.14 bits per heavy atom. The van der Waals surface area contributed by atoms with Crippen LogP contribution in [0.25, 0.3) is 0 Å². The van der Waals surface area contributed by atoms with Gasteiger partial charge in [0.05, 0.1) is 23.9 Å². The Kier molecular flexibility index (Phi) is 5.06. The largest absolute Gasteiger partial charge is 0.382 e. The van der Waals surface area contributed by atoms with Crippen LogP contribution in [0.5, 0.6) is 0 Å². The number of aryl methyl sites for hydroxylation is 1. The van der Waals surface area contributed by atoms with Gasteiger partial charge in [0.2, 0.25) is 5.56 Å². The van der Waals surface area contributed by atoms with E-state index in [-0.39, 0.29) is 17.5 Å². The highest BCUT2D eigenvalue weighted by Gasteiger charge is 2.24. The molecule has 1 amide bonds. The topological polar surface area (TPSA) is 64.4 Å². The quantitative estimate of drug-likeness (QED) is 0.833. The van der Waals surface area contributed by atoms with Crippen LogP contribution in [0.3, 0.4) is 0 Å². The standard InChI is InChI=1S/C16H19N3O3/c1-18-10-12(7-8-15(18)20)16(21)19(2)14(11-22-3)13-6-4-5-9-17-13/h4-10,14H,11H2,1-3H3. The molecule has 6 heteroatoms. The molecular formula is C16H19N3O3. The van der Waals surface area contributed by atoms with E-state index in [9.17, 15) is 9.59 Å². The molecule has 2 heterocycles. The summed E-state index contributed by atoms with van der Waals surface area (Å²) in [5.41, 5.74) is 1.05. The molecule has 0 saturated heterocycles. The van der Waals surface area contributed by atoms with Gasteiger partial charge in [0.25, 0.3) is 5.91 Å². The van der Waals surface area contributed by atoms with Crippen LogP contribution >= 0.6 is 0 Å². The molecule has 6 nitrogen and oxygen atoms in total. The SMILES string of the molecule is COCC(c1ccccn1)N(C)C(=O)c1ccc(=O)n(C)c1. The summed E-state index contributed by atoms with van der Waals surface area (Å²) in [6, 6.07) is 8.17. The van der Waals surface area contributed by atoms with Gasteiger partial charge in [0.15, 0.2) is 0 Å². The first-order valence-electron chi connectivity index (χ1n) is 6.88. The molecule has 0 bridgehead atoms. The monoisotopic (exact) mass is 301 g/mol. The molecular weight excluding hydrogens is 282 g/mol. The molecule has 0 aliphatic carbocycles. The molecule has 2 aromatic rings. The molecule has 1 atom stereocenters. The minimum absolute atomic E-state index is 0.155. The summed E-state index contributed by atoms with van der Waals surface area (Å²) in [6.07, 6.45) is 3.21. The maximum atomic E-state index is 12.6. The van der Waals surface area contributed by atoms with E-state index in [4.69, 9.17) is 4.74 Å². The lowest BCUT2D eigenvalue weighted by atomic mass is 10.1. The summed E-state index contributed by atoms with van der Waals surface area (Å²) in [4.78, 5) is 29.9. The third kappa shape index (κ3) is 3.40. The Morgan fingerprint density at radius 1 is 1.36 bits per heavy atom. The number of nitrogens with zero attached hydrogens (tertiary/aromatic N) is 3. The lowest BCUT2D eigenvalue weighted by Gasteiger charge is -2.27. The van der Waals surface area contributed by atoms with Gasteiger partial charge in [-0.15, -0.1) is 0 Å². The predicted octanol–water partition coefficient (Wildman–Crippen LogP) is 1.24. The number of hydrogen-bond acceptors (Lipinski definition) is 4. The molecule has 2 rings (SSSR count). The first-order valence-corrected chi connectivity index (χ1v) is 6.88. The van der Waals surface area contributed by atoms with Gasteiger partial charge in [-0.3, -0.25) is 14.6 Å². The van der Waals surface area contributed by atoms with Crippen LogP contribution in [0.1, 0.15) is 22.1 Å². The van der Waals surface area contributed by atoms with E-state index in [0.29, 0.717) is 12.2 Å². The fourth-order valence-corrected chi connectivity index (χ4v) is 2.19. The minimum atomic E-state index is -0.295. The van der Waals surface area contributed by atoms with E-state index in [2.05, 4.69) is 4.98 Å². The van der Waals surface area contributed by atoms with E-state index >= 15 is 0 Å². The van der Waals surface area contributed by atoms with Gasteiger partial charge >= 0.3 is 0 Å². The summed E-state index contributed by atoms with van der Waals surface area (Å²) < 4.78 is 6.60. The van der Waals surface area contributed by atoms with E-state index in [0.717, 1.165) is 5.69 Å². The van der Waals surface area contributed by atoms with Crippen molar-refractivity contribution in [3.05, 3.63) is 64.3 Å². The summed E-state index contributed by atoms with van der Waals surface area (Å²) in [5, 5.41) is 0. The number of aromatic nitrogens is 2. The van der Waals surface area contributed by atoms with Crippen LogP contribution in [-0.4, -0.2) is 41.1 Å². The minimum Gasteiger partial charge on any atom is -0.382 e. The Hall–Kier alpha value is -2.47. The van der Waals surface area contributed by atoms with Gasteiger partial charge in [0.1, 0.15) is 0 Å². The van der Waals surface area contributed by atoms with Crippen LogP contribution in [-0.2, 0) is 11.8 Å². The van der Waals surface area contributed by atoms with Gasteiger partial charge in [-0.25, -0.2) is 0 Å². The van der Waals surface area contributed by atoms with Crippen LogP contribution in [0.15, 0.2) is 47.5 Å². The lowest BCUT2D eigenvalue weighted by Crippen LogP contribution is -2.35. The van der Waals surface area contributed by atoms with Gasteiger partial charge in [-0.05, 0) is 18.2 Å². The number of amides is 1. The normalized spacial score (nSPS) is 12.0. The molecule has 0 aliphatic rings. The van der Waals surface area contributed by atoms with E-state index in [1.165, 1.54) is 22.9 Å². The molecule has 1 unspecified atom stereocenters. The molecule has 0 radical (unpaired) electrons. The lowest BCUT2D eigenvalue weighted by molar-refractivity contribution is 0.0594. The average Bonchev–Trinajstić information content (AvgIpc) is 2.54. The maximum Gasteiger partial charge on any atom is 0.255 e. The fourth-order valence-electron chi connectivity index (χ4n) is 2.19. The third-order valence-electron chi connectivity index (χ3n) is 3.47. The third-order valence-corrected chi connectivity index (χ3v) is 3.47. The molecule has 22 heavy (non-hydrogen) atoms. The van der Waals surface area contributed by atoms with Crippen molar-refractivity contribution in [1.29, 1.82) is 0 Å². The van der Waals surface area contributed by atoms with E-state index in [1.54, 1.807) is 32.3 Å². The number of ether oxygens (including phenoxy) is 1. The zero-order valence-electron chi connectivity index (χ0n) is 12.9. The molecule has 2 aromatic heterocycles. The number of carbonyl (C=O) groups excluding carboxylic acids is 1. The average molecular weight is 301 g/mol. The number of pyridine rings is 2. The highest BCUT2D eigenvalue weighted by molar-refractivity contribution is 5.94. The molecule has 0 aliphatic heterocycles. The van der Waals surface area contributed by atoms with Crippen LogP contribution in [0, 0.1) is 0 Å². The molecule has 0 saturated carbocycles. The van der Waals surface area contributed by atoms with Crippen molar-refractivity contribution in [2.45, 2.75) is 6.04 Å². The second-order valence-electron chi connectivity index (χ2n) is 5.01. The zero-order valence-corrected chi connectivity index (χ0v) is 12.9. The number of carbonyl (C=O) groups is 1. The second-order valence-corrected chi connectivity index (χ2v) is 5.01. The summed E-state index contributed by atoms with van der Waals surface area (Å²) in [7, 11) is 4.90. The Bertz CT molecular complexity index is 697. The van der Waals surface area contributed by atoms with Crippen LogP contribution < -0.4 is 5.56 Å². The number of likely N-dealkylation sites (N-methyl/N-ethyl adjacent to an activating group) is 1. The van der Waals surface area contributed by atoms with Gasteiger partial charge in [-0.2, -0.15) is 0 Å². The molecule has 116 valence electrons. The first-order chi connectivity index (χ1) is 10.5. The van der Waals surface area contributed by atoms with Crippen molar-refractivity contribution in [3.8, 4) is 0 Å². The number of methoxy groups -OCH3 is 1. The Labute approximate surface area is 129 Å². The molecule has 0 spiro atoms. The number of hydrogen-bond donors (Lipinski definition) is 0. The van der Waals surface area contributed by atoms with Crippen LogP contribution in [0.4, 0.5) is 0 Å². The maximum absolute atomic E-state index is 12.6. The van der Waals surface area contributed by atoms with Gasteiger partial charge in [-0.1, -0.05) is 6.07 Å². The predicted molar refractivity (Wildman–Crippen MR) is 82.6 cm³/mol. The first kappa shape index (κ1) is 15.9. The van der Waals surface area contributed by atoms with Gasteiger partial charge < -0.3 is 14.2 Å². The van der Waals surface area contributed by atoms with Crippen molar-refractivity contribution in [3.63, 3.8) is 0 Å². The molecule has 0 N–H and O–H groups in total. The smallest absolute Gasteiger partial charge is 0.255 e. The summed E-state index contributed by atoms with van der Waals surface area (Å²) in [6.45, 7) is 0.338. The Balaban J connectivity index is 2.30. The van der Waals surface area contributed by atoms with Crippen molar-refractivity contribution >= 4 is 5.91 Å². The highest BCUT2D eigenvalue weighted by Crippen LogP contribution is 2.19. The van der Waals surface area contributed by atoms with Crippen molar-refractivity contribution in [2.24, 2.45) is 7.05 Å². The van der Waals surface area contributed by atoms with Crippen molar-refractivity contribution in [2.75, 3.05) is 20.8 Å². The second kappa shape index (κ2) is 7.00.